The largest absolute Gasteiger partial charge is 0.480 e. The zero-order valence-corrected chi connectivity index (χ0v) is 11.2. The molecular formula is C13H24N2O3. The van der Waals surface area contributed by atoms with Crippen molar-refractivity contribution in [2.75, 3.05) is 39.3 Å². The summed E-state index contributed by atoms with van der Waals surface area (Å²) in [6.45, 7) is 7.08. The van der Waals surface area contributed by atoms with Gasteiger partial charge in [-0.25, -0.2) is 0 Å². The van der Waals surface area contributed by atoms with E-state index in [-0.39, 0.29) is 6.54 Å². The molecule has 0 aromatic carbocycles. The van der Waals surface area contributed by atoms with Gasteiger partial charge in [0.25, 0.3) is 0 Å². The topological polar surface area (TPSA) is 53.0 Å². The van der Waals surface area contributed by atoms with Crippen molar-refractivity contribution >= 4 is 5.97 Å². The fraction of sp³-hybridized carbons (Fsp3) is 0.923. The predicted octanol–water partition coefficient (Wildman–Crippen LogP) is 0.646. The van der Waals surface area contributed by atoms with E-state index in [4.69, 9.17) is 9.84 Å². The maximum absolute atomic E-state index is 10.7. The van der Waals surface area contributed by atoms with Gasteiger partial charge in [0.05, 0.1) is 18.8 Å². The van der Waals surface area contributed by atoms with Gasteiger partial charge in [-0.15, -0.1) is 0 Å². The highest BCUT2D eigenvalue weighted by Gasteiger charge is 2.25. The maximum Gasteiger partial charge on any atom is 0.317 e. The van der Waals surface area contributed by atoms with Gasteiger partial charge in [0, 0.05) is 26.2 Å². The molecule has 2 aliphatic heterocycles. The Morgan fingerprint density at radius 2 is 1.94 bits per heavy atom. The summed E-state index contributed by atoms with van der Waals surface area (Å²) in [4.78, 5) is 15.2. The first-order valence-corrected chi connectivity index (χ1v) is 6.95. The Morgan fingerprint density at radius 3 is 2.61 bits per heavy atom. The molecule has 1 N–H and O–H groups in total. The number of carbonyl (C=O) groups is 1. The molecule has 0 aromatic rings. The van der Waals surface area contributed by atoms with E-state index in [2.05, 4.69) is 11.8 Å². The number of aliphatic carboxylic acids is 1. The first-order valence-electron chi connectivity index (χ1n) is 6.95. The predicted molar refractivity (Wildman–Crippen MR) is 68.7 cm³/mol. The fourth-order valence-electron chi connectivity index (χ4n) is 2.86. The minimum Gasteiger partial charge on any atom is -0.480 e. The number of hydrogen-bond donors (Lipinski definition) is 1. The van der Waals surface area contributed by atoms with E-state index < -0.39 is 5.97 Å². The van der Waals surface area contributed by atoms with Crippen molar-refractivity contribution in [3.05, 3.63) is 0 Å². The average Bonchev–Trinajstić information content (AvgIpc) is 2.57. The van der Waals surface area contributed by atoms with Crippen molar-refractivity contribution < 1.29 is 14.6 Å². The lowest BCUT2D eigenvalue weighted by Crippen LogP contribution is -2.37. The van der Waals surface area contributed by atoms with Crippen LogP contribution in [-0.4, -0.2) is 72.4 Å². The van der Waals surface area contributed by atoms with Crippen LogP contribution in [0.25, 0.3) is 0 Å². The third-order valence-corrected chi connectivity index (χ3v) is 3.82. The first kappa shape index (κ1) is 13.8. The molecule has 2 fully saturated rings. The van der Waals surface area contributed by atoms with Crippen molar-refractivity contribution in [3.8, 4) is 0 Å². The van der Waals surface area contributed by atoms with Gasteiger partial charge in [0.2, 0.25) is 0 Å². The van der Waals surface area contributed by atoms with E-state index in [0.717, 1.165) is 45.6 Å². The average molecular weight is 256 g/mol. The van der Waals surface area contributed by atoms with E-state index in [9.17, 15) is 4.79 Å². The van der Waals surface area contributed by atoms with E-state index in [1.165, 1.54) is 6.42 Å². The van der Waals surface area contributed by atoms with Crippen molar-refractivity contribution in [2.45, 2.75) is 38.4 Å². The molecule has 5 heteroatoms. The second-order valence-electron chi connectivity index (χ2n) is 5.47. The summed E-state index contributed by atoms with van der Waals surface area (Å²) in [6.07, 6.45) is 4.17. The third-order valence-electron chi connectivity index (χ3n) is 3.82. The van der Waals surface area contributed by atoms with E-state index in [0.29, 0.717) is 12.2 Å². The Bertz CT molecular complexity index is 285. The molecule has 2 saturated heterocycles. The minimum absolute atomic E-state index is 0.171. The number of rotatable bonds is 4. The third kappa shape index (κ3) is 4.23. The maximum atomic E-state index is 10.7. The number of ether oxygens (including phenoxy) is 1. The van der Waals surface area contributed by atoms with Crippen LogP contribution in [-0.2, 0) is 9.53 Å². The minimum atomic E-state index is -0.726. The lowest BCUT2D eigenvalue weighted by molar-refractivity contribution is -0.138. The second-order valence-corrected chi connectivity index (χ2v) is 5.47. The fourth-order valence-corrected chi connectivity index (χ4v) is 2.86. The van der Waals surface area contributed by atoms with Crippen LogP contribution in [0.2, 0.25) is 0 Å². The highest BCUT2D eigenvalue weighted by atomic mass is 16.5. The summed E-state index contributed by atoms with van der Waals surface area (Å²) in [5.41, 5.74) is 0. The van der Waals surface area contributed by atoms with E-state index >= 15 is 0 Å². The quantitative estimate of drug-likeness (QED) is 0.800. The lowest BCUT2D eigenvalue weighted by Gasteiger charge is -2.24. The number of nitrogens with zero attached hydrogens (tertiary/aromatic N) is 2. The monoisotopic (exact) mass is 256 g/mol. The lowest BCUT2D eigenvalue weighted by atomic mass is 10.2. The molecule has 0 bridgehead atoms. The van der Waals surface area contributed by atoms with Gasteiger partial charge in [0.15, 0.2) is 0 Å². The van der Waals surface area contributed by atoms with Gasteiger partial charge in [-0.05, 0) is 32.7 Å². The van der Waals surface area contributed by atoms with E-state index in [1.807, 2.05) is 4.90 Å². The number of carboxylic acid groups (broad SMARTS) is 1. The van der Waals surface area contributed by atoms with Crippen molar-refractivity contribution in [1.82, 2.24) is 9.80 Å². The summed E-state index contributed by atoms with van der Waals surface area (Å²) in [6, 6.07) is 0. The van der Waals surface area contributed by atoms with E-state index in [1.54, 1.807) is 0 Å². The zero-order valence-electron chi connectivity index (χ0n) is 11.2. The molecule has 0 saturated carbocycles. The van der Waals surface area contributed by atoms with Crippen LogP contribution in [0, 0.1) is 0 Å². The highest BCUT2D eigenvalue weighted by molar-refractivity contribution is 5.69. The second kappa shape index (κ2) is 6.50. The van der Waals surface area contributed by atoms with Crippen LogP contribution in [0.3, 0.4) is 0 Å². The summed E-state index contributed by atoms with van der Waals surface area (Å²) >= 11 is 0. The SMILES string of the molecule is CC1CCC(CN2CCCN(CC(=O)O)CC2)O1. The smallest absolute Gasteiger partial charge is 0.317 e. The van der Waals surface area contributed by atoms with Crippen LogP contribution in [0.4, 0.5) is 0 Å². The van der Waals surface area contributed by atoms with Gasteiger partial charge < -0.3 is 9.84 Å². The Morgan fingerprint density at radius 1 is 1.22 bits per heavy atom. The highest BCUT2D eigenvalue weighted by Crippen LogP contribution is 2.20. The van der Waals surface area contributed by atoms with Crippen molar-refractivity contribution in [1.29, 1.82) is 0 Å². The normalized spacial score (nSPS) is 31.4. The van der Waals surface area contributed by atoms with Crippen LogP contribution >= 0.6 is 0 Å². The van der Waals surface area contributed by atoms with Crippen molar-refractivity contribution in [2.24, 2.45) is 0 Å². The molecular weight excluding hydrogens is 232 g/mol. The number of carboxylic acids is 1. The van der Waals surface area contributed by atoms with Gasteiger partial charge in [0.1, 0.15) is 0 Å². The molecule has 18 heavy (non-hydrogen) atoms. The molecule has 0 amide bonds. The van der Waals surface area contributed by atoms with Gasteiger partial charge in [-0.2, -0.15) is 0 Å². The number of hydrogen-bond acceptors (Lipinski definition) is 4. The first-order chi connectivity index (χ1) is 8.63. The molecule has 2 rings (SSSR count). The Balaban J connectivity index is 1.73. The molecule has 104 valence electrons. The molecule has 5 nitrogen and oxygen atoms in total. The summed E-state index contributed by atoms with van der Waals surface area (Å²) < 4.78 is 5.85. The molecule has 2 aliphatic rings. The Kier molecular flexibility index (Phi) is 4.97. The molecule has 0 radical (unpaired) electrons. The van der Waals surface area contributed by atoms with Crippen LogP contribution < -0.4 is 0 Å². The summed E-state index contributed by atoms with van der Waals surface area (Å²) in [7, 11) is 0. The zero-order chi connectivity index (χ0) is 13.0. The van der Waals surface area contributed by atoms with Gasteiger partial charge in [-0.1, -0.05) is 0 Å². The molecule has 0 aromatic heterocycles. The Labute approximate surface area is 109 Å². The molecule has 0 spiro atoms. The summed E-state index contributed by atoms with van der Waals surface area (Å²) in [5, 5.41) is 8.81. The molecule has 2 heterocycles. The standard InChI is InChI=1S/C13H24N2O3/c1-11-3-4-12(18-11)9-14-5-2-6-15(8-7-14)10-13(16)17/h11-12H,2-10H2,1H3,(H,16,17). The van der Waals surface area contributed by atoms with Crippen molar-refractivity contribution in [3.63, 3.8) is 0 Å². The van der Waals surface area contributed by atoms with Crippen LogP contribution in [0.5, 0.6) is 0 Å². The summed E-state index contributed by atoms with van der Waals surface area (Å²) in [5.74, 6) is -0.726. The van der Waals surface area contributed by atoms with Crippen LogP contribution in [0.15, 0.2) is 0 Å². The molecule has 2 unspecified atom stereocenters. The van der Waals surface area contributed by atoms with Crippen LogP contribution in [0.1, 0.15) is 26.2 Å². The Hall–Kier alpha value is -0.650. The van der Waals surface area contributed by atoms with Gasteiger partial charge in [-0.3, -0.25) is 14.6 Å². The van der Waals surface area contributed by atoms with Gasteiger partial charge >= 0.3 is 5.97 Å². The molecule has 0 aliphatic carbocycles. The molecule has 2 atom stereocenters.